The van der Waals surface area contributed by atoms with Gasteiger partial charge in [-0.15, -0.1) is 0 Å². The van der Waals surface area contributed by atoms with Gasteiger partial charge in [-0.3, -0.25) is 4.98 Å². The number of fused-ring (bicyclic) bond motifs is 1. The number of rotatable bonds is 6. The van der Waals surface area contributed by atoms with Crippen LogP contribution in [0.4, 0.5) is 0 Å². The minimum atomic E-state index is 0.108. The van der Waals surface area contributed by atoms with Crippen molar-refractivity contribution >= 4 is 10.9 Å². The summed E-state index contributed by atoms with van der Waals surface area (Å²) in [6.45, 7) is 4.54. The van der Waals surface area contributed by atoms with Crippen LogP contribution in [0.2, 0.25) is 0 Å². The molecule has 0 amide bonds. The monoisotopic (exact) mass is 285 g/mol. The molecule has 2 rings (SSSR count). The molecule has 0 fully saturated rings. The Kier molecular flexibility index (Phi) is 4.96. The van der Waals surface area contributed by atoms with Gasteiger partial charge in [0.05, 0.1) is 11.6 Å². The largest absolute Gasteiger partial charge is 0.311 e. The number of benzene rings is 1. The van der Waals surface area contributed by atoms with E-state index in [1.165, 1.54) is 10.9 Å². The zero-order chi connectivity index (χ0) is 15.5. The molecule has 3 heteroatoms. The molecule has 0 aliphatic carbocycles. The van der Waals surface area contributed by atoms with E-state index in [2.05, 4.69) is 74.5 Å². The highest BCUT2D eigenvalue weighted by Gasteiger charge is 2.37. The third kappa shape index (κ3) is 2.81. The van der Waals surface area contributed by atoms with Crippen LogP contribution in [0.15, 0.2) is 36.5 Å². The fourth-order valence-corrected chi connectivity index (χ4v) is 3.56. The molecule has 0 saturated heterocycles. The van der Waals surface area contributed by atoms with Crippen molar-refractivity contribution in [3.8, 4) is 0 Å². The Morgan fingerprint density at radius 3 is 2.48 bits per heavy atom. The average Bonchev–Trinajstić information content (AvgIpc) is 2.52. The first-order chi connectivity index (χ1) is 10.1. The van der Waals surface area contributed by atoms with Gasteiger partial charge >= 0.3 is 0 Å². The van der Waals surface area contributed by atoms with Gasteiger partial charge in [0.2, 0.25) is 0 Å². The number of hydrogen-bond acceptors (Lipinski definition) is 3. The molecule has 2 aromatic rings. The molecule has 1 aromatic heterocycles. The van der Waals surface area contributed by atoms with E-state index in [1.54, 1.807) is 0 Å². The lowest BCUT2D eigenvalue weighted by Gasteiger charge is -2.45. The van der Waals surface area contributed by atoms with E-state index < -0.39 is 0 Å². The summed E-state index contributed by atoms with van der Waals surface area (Å²) >= 11 is 0. The molecule has 1 atom stereocenters. The third-order valence-electron chi connectivity index (χ3n) is 4.90. The molecule has 0 spiro atoms. The predicted molar refractivity (Wildman–Crippen MR) is 90.5 cm³/mol. The van der Waals surface area contributed by atoms with Gasteiger partial charge in [0.25, 0.3) is 0 Å². The van der Waals surface area contributed by atoms with Gasteiger partial charge in [0.1, 0.15) is 0 Å². The topological polar surface area (TPSA) is 28.2 Å². The van der Waals surface area contributed by atoms with Crippen LogP contribution >= 0.6 is 0 Å². The molecule has 1 unspecified atom stereocenters. The number of pyridine rings is 1. The highest BCUT2D eigenvalue weighted by atomic mass is 15.2. The SMILES string of the molecule is CCC(CC)(C(NC)c1ccc2cccnc2c1)N(C)C. The summed E-state index contributed by atoms with van der Waals surface area (Å²) in [6, 6.07) is 11.0. The van der Waals surface area contributed by atoms with Crippen LogP contribution in [0.3, 0.4) is 0 Å². The smallest absolute Gasteiger partial charge is 0.0705 e. The van der Waals surface area contributed by atoms with Crippen molar-refractivity contribution in [1.29, 1.82) is 0 Å². The van der Waals surface area contributed by atoms with E-state index in [0.717, 1.165) is 18.4 Å². The number of nitrogens with one attached hydrogen (secondary N) is 1. The van der Waals surface area contributed by atoms with E-state index in [9.17, 15) is 0 Å². The predicted octanol–water partition coefficient (Wildman–Crippen LogP) is 3.62. The quantitative estimate of drug-likeness (QED) is 0.878. The maximum Gasteiger partial charge on any atom is 0.0705 e. The number of aromatic nitrogens is 1. The highest BCUT2D eigenvalue weighted by molar-refractivity contribution is 5.79. The normalized spacial score (nSPS) is 13.8. The average molecular weight is 285 g/mol. The second-order valence-corrected chi connectivity index (χ2v) is 5.88. The summed E-state index contributed by atoms with van der Waals surface area (Å²) < 4.78 is 0. The molecule has 0 aliphatic heterocycles. The fraction of sp³-hybridized carbons (Fsp3) is 0.500. The standard InChI is InChI=1S/C18H27N3/c1-6-18(7-2,21(4)5)17(19-3)15-11-10-14-9-8-12-20-16(14)13-15/h8-13,17,19H,6-7H2,1-5H3. The van der Waals surface area contributed by atoms with Gasteiger partial charge in [0, 0.05) is 17.1 Å². The Labute approximate surface area is 128 Å². The molecular weight excluding hydrogens is 258 g/mol. The highest BCUT2D eigenvalue weighted by Crippen LogP contribution is 2.36. The van der Waals surface area contributed by atoms with Crippen molar-refractivity contribution in [1.82, 2.24) is 15.2 Å². The van der Waals surface area contributed by atoms with Gasteiger partial charge in [-0.25, -0.2) is 0 Å². The zero-order valence-electron chi connectivity index (χ0n) is 13.9. The summed E-state index contributed by atoms with van der Waals surface area (Å²) in [5.74, 6) is 0. The second kappa shape index (κ2) is 6.54. The fourth-order valence-electron chi connectivity index (χ4n) is 3.56. The van der Waals surface area contributed by atoms with Crippen molar-refractivity contribution in [2.75, 3.05) is 21.1 Å². The molecule has 114 valence electrons. The first-order valence-electron chi connectivity index (χ1n) is 7.78. The molecular formula is C18H27N3. The lowest BCUT2D eigenvalue weighted by Crippen LogP contribution is -2.52. The molecule has 21 heavy (non-hydrogen) atoms. The summed E-state index contributed by atoms with van der Waals surface area (Å²) in [6.07, 6.45) is 4.06. The zero-order valence-corrected chi connectivity index (χ0v) is 13.9. The number of hydrogen-bond donors (Lipinski definition) is 1. The van der Waals surface area contributed by atoms with Crippen LogP contribution in [-0.4, -0.2) is 36.6 Å². The van der Waals surface area contributed by atoms with E-state index in [-0.39, 0.29) is 11.6 Å². The van der Waals surface area contributed by atoms with Crippen molar-refractivity contribution in [2.45, 2.75) is 38.3 Å². The Morgan fingerprint density at radius 1 is 1.19 bits per heavy atom. The van der Waals surface area contributed by atoms with Crippen LogP contribution in [0.25, 0.3) is 10.9 Å². The number of likely N-dealkylation sites (N-methyl/N-ethyl adjacent to an activating group) is 2. The van der Waals surface area contributed by atoms with E-state index in [0.29, 0.717) is 0 Å². The summed E-state index contributed by atoms with van der Waals surface area (Å²) in [5.41, 5.74) is 2.48. The van der Waals surface area contributed by atoms with Gasteiger partial charge in [-0.2, -0.15) is 0 Å². The lowest BCUT2D eigenvalue weighted by molar-refractivity contribution is 0.0918. The van der Waals surface area contributed by atoms with Gasteiger partial charge in [0.15, 0.2) is 0 Å². The Hall–Kier alpha value is -1.45. The minimum Gasteiger partial charge on any atom is -0.311 e. The van der Waals surface area contributed by atoms with Gasteiger partial charge < -0.3 is 10.2 Å². The van der Waals surface area contributed by atoms with Crippen LogP contribution in [0.1, 0.15) is 38.3 Å². The summed E-state index contributed by atoms with van der Waals surface area (Å²) in [4.78, 5) is 6.85. The summed E-state index contributed by atoms with van der Waals surface area (Å²) in [5, 5.41) is 4.73. The molecule has 1 N–H and O–H groups in total. The Bertz CT molecular complexity index is 588. The van der Waals surface area contributed by atoms with Crippen molar-refractivity contribution in [3.63, 3.8) is 0 Å². The van der Waals surface area contributed by atoms with Crippen molar-refractivity contribution in [3.05, 3.63) is 42.1 Å². The Morgan fingerprint density at radius 2 is 1.90 bits per heavy atom. The van der Waals surface area contributed by atoms with E-state index in [4.69, 9.17) is 0 Å². The summed E-state index contributed by atoms with van der Waals surface area (Å²) in [7, 11) is 6.41. The van der Waals surface area contributed by atoms with Crippen LogP contribution in [0.5, 0.6) is 0 Å². The Balaban J connectivity index is 2.51. The van der Waals surface area contributed by atoms with E-state index >= 15 is 0 Å². The minimum absolute atomic E-state index is 0.108. The molecule has 0 saturated carbocycles. The van der Waals surface area contributed by atoms with Crippen LogP contribution in [0, 0.1) is 0 Å². The van der Waals surface area contributed by atoms with Crippen molar-refractivity contribution < 1.29 is 0 Å². The molecule has 0 bridgehead atoms. The number of nitrogens with zero attached hydrogens (tertiary/aromatic N) is 2. The third-order valence-corrected chi connectivity index (χ3v) is 4.90. The van der Waals surface area contributed by atoms with E-state index in [1.807, 2.05) is 12.3 Å². The molecule has 3 nitrogen and oxygen atoms in total. The second-order valence-electron chi connectivity index (χ2n) is 5.88. The van der Waals surface area contributed by atoms with Crippen LogP contribution in [-0.2, 0) is 0 Å². The lowest BCUT2D eigenvalue weighted by atomic mass is 9.79. The van der Waals surface area contributed by atoms with Crippen LogP contribution < -0.4 is 5.32 Å². The molecule has 1 aromatic carbocycles. The van der Waals surface area contributed by atoms with Gasteiger partial charge in [-0.1, -0.05) is 32.0 Å². The maximum absolute atomic E-state index is 4.50. The molecule has 0 aliphatic rings. The first kappa shape index (κ1) is 15.9. The molecule has 1 heterocycles. The maximum atomic E-state index is 4.50. The van der Waals surface area contributed by atoms with Crippen molar-refractivity contribution in [2.24, 2.45) is 0 Å². The van der Waals surface area contributed by atoms with Gasteiger partial charge in [-0.05, 0) is 51.7 Å². The molecule has 0 radical (unpaired) electrons. The first-order valence-corrected chi connectivity index (χ1v) is 7.78.